The second-order valence-electron chi connectivity index (χ2n) is 4.95. The minimum Gasteiger partial charge on any atom is -0.466 e. The van der Waals surface area contributed by atoms with Crippen molar-refractivity contribution >= 4 is 5.97 Å². The van der Waals surface area contributed by atoms with Crippen LogP contribution < -0.4 is 0 Å². The molecule has 3 N–H and O–H groups in total. The van der Waals surface area contributed by atoms with E-state index in [1.54, 1.807) is 0 Å². The largest absolute Gasteiger partial charge is 0.466 e. The lowest BCUT2D eigenvalue weighted by Gasteiger charge is -2.09. The van der Waals surface area contributed by atoms with Crippen molar-refractivity contribution in [2.75, 3.05) is 26.9 Å². The van der Waals surface area contributed by atoms with Gasteiger partial charge in [-0.2, -0.15) is 0 Å². The average molecular weight is 304 g/mol. The van der Waals surface area contributed by atoms with E-state index in [0.29, 0.717) is 30.9 Å². The Balaban J connectivity index is 0. The van der Waals surface area contributed by atoms with Gasteiger partial charge in [-0.05, 0) is 38.0 Å². The predicted molar refractivity (Wildman–Crippen MR) is 83.9 cm³/mol. The van der Waals surface area contributed by atoms with Crippen molar-refractivity contribution in [3.05, 3.63) is 12.2 Å². The van der Waals surface area contributed by atoms with Gasteiger partial charge in [-0.1, -0.05) is 26.3 Å². The Morgan fingerprint density at radius 2 is 1.67 bits per heavy atom. The number of carbonyl (C=O) groups is 1. The van der Waals surface area contributed by atoms with Crippen LogP contribution in [0.2, 0.25) is 0 Å². The van der Waals surface area contributed by atoms with E-state index in [4.69, 9.17) is 15.3 Å². The van der Waals surface area contributed by atoms with Crippen LogP contribution in [0.25, 0.3) is 0 Å². The molecule has 5 heteroatoms. The summed E-state index contributed by atoms with van der Waals surface area (Å²) in [5.41, 5.74) is 0.473. The maximum atomic E-state index is 10.7. The standard InChI is InChI=1S/C8H14O3.C8H18O2/c1-7(8(10)11-2)5-3-4-6-9;1-2-8(7-10)5-3-4-6-9/h9H,1,3-6H2,2H3;8-10H,2-7H2,1H3. The number of ether oxygens (including phenoxy) is 1. The highest BCUT2D eigenvalue weighted by atomic mass is 16.5. The van der Waals surface area contributed by atoms with Crippen LogP contribution in [0, 0.1) is 5.92 Å². The number of aliphatic hydroxyl groups excluding tert-OH is 3. The van der Waals surface area contributed by atoms with Crippen LogP contribution in [0.5, 0.6) is 0 Å². The molecule has 0 aliphatic heterocycles. The zero-order chi connectivity index (χ0) is 16.5. The molecule has 0 bridgehead atoms. The fourth-order valence-electron chi connectivity index (χ4n) is 1.67. The van der Waals surface area contributed by atoms with Crippen LogP contribution >= 0.6 is 0 Å². The van der Waals surface area contributed by atoms with Gasteiger partial charge in [0.05, 0.1) is 7.11 Å². The SMILES string of the molecule is C=C(CCCCO)C(=O)OC.CCC(CO)CCCCO. The number of hydrogen-bond donors (Lipinski definition) is 3. The number of esters is 1. The number of hydrogen-bond acceptors (Lipinski definition) is 5. The first kappa shape index (κ1) is 22.4. The maximum Gasteiger partial charge on any atom is 0.333 e. The van der Waals surface area contributed by atoms with E-state index in [9.17, 15) is 4.79 Å². The predicted octanol–water partition coefficient (Wildman–Crippen LogP) is 2.05. The molecule has 0 fully saturated rings. The fourth-order valence-corrected chi connectivity index (χ4v) is 1.67. The number of carbonyl (C=O) groups excluding carboxylic acids is 1. The molecule has 0 aromatic rings. The van der Waals surface area contributed by atoms with Gasteiger partial charge in [0.15, 0.2) is 0 Å². The molecular weight excluding hydrogens is 272 g/mol. The first-order valence-corrected chi connectivity index (χ1v) is 7.65. The normalized spacial score (nSPS) is 11.3. The van der Waals surface area contributed by atoms with E-state index in [1.807, 2.05) is 0 Å². The van der Waals surface area contributed by atoms with Gasteiger partial charge >= 0.3 is 5.97 Å². The van der Waals surface area contributed by atoms with Crippen molar-refractivity contribution in [3.63, 3.8) is 0 Å². The molecule has 0 aromatic carbocycles. The van der Waals surface area contributed by atoms with E-state index in [2.05, 4.69) is 18.2 Å². The lowest BCUT2D eigenvalue weighted by atomic mass is 10.0. The summed E-state index contributed by atoms with van der Waals surface area (Å²) in [5.74, 6) is 0.0921. The molecule has 0 amide bonds. The Kier molecular flexibility index (Phi) is 18.3. The van der Waals surface area contributed by atoms with Crippen molar-refractivity contribution in [2.45, 2.75) is 51.9 Å². The molecule has 21 heavy (non-hydrogen) atoms. The summed E-state index contributed by atoms with van der Waals surface area (Å²) >= 11 is 0. The van der Waals surface area contributed by atoms with Gasteiger partial charge in [0, 0.05) is 25.4 Å². The minimum atomic E-state index is -0.358. The molecule has 0 radical (unpaired) electrons. The van der Waals surface area contributed by atoms with Crippen molar-refractivity contribution in [1.29, 1.82) is 0 Å². The zero-order valence-electron chi connectivity index (χ0n) is 13.5. The summed E-state index contributed by atoms with van der Waals surface area (Å²) < 4.78 is 4.44. The molecule has 0 aliphatic carbocycles. The van der Waals surface area contributed by atoms with Crippen LogP contribution in [0.4, 0.5) is 0 Å². The molecule has 0 heterocycles. The van der Waals surface area contributed by atoms with Gasteiger partial charge in [0.25, 0.3) is 0 Å². The number of methoxy groups -OCH3 is 1. The molecule has 0 saturated carbocycles. The van der Waals surface area contributed by atoms with E-state index in [0.717, 1.165) is 32.1 Å². The summed E-state index contributed by atoms with van der Waals surface area (Å²) in [6.07, 6.45) is 6.09. The third-order valence-electron chi connectivity index (χ3n) is 3.22. The van der Waals surface area contributed by atoms with Crippen molar-refractivity contribution < 1.29 is 24.9 Å². The maximum absolute atomic E-state index is 10.7. The Morgan fingerprint density at radius 1 is 1.10 bits per heavy atom. The van der Waals surface area contributed by atoms with Gasteiger partial charge in [0.1, 0.15) is 0 Å². The third kappa shape index (κ3) is 15.3. The van der Waals surface area contributed by atoms with Gasteiger partial charge in [0.2, 0.25) is 0 Å². The lowest BCUT2D eigenvalue weighted by Crippen LogP contribution is -2.04. The molecule has 0 aromatic heterocycles. The highest BCUT2D eigenvalue weighted by Crippen LogP contribution is 2.10. The minimum absolute atomic E-state index is 0.161. The van der Waals surface area contributed by atoms with Crippen molar-refractivity contribution in [1.82, 2.24) is 0 Å². The van der Waals surface area contributed by atoms with E-state index in [1.165, 1.54) is 7.11 Å². The molecule has 126 valence electrons. The summed E-state index contributed by atoms with van der Waals surface area (Å²) in [4.78, 5) is 10.7. The van der Waals surface area contributed by atoms with Crippen LogP contribution in [0.3, 0.4) is 0 Å². The van der Waals surface area contributed by atoms with Crippen LogP contribution in [-0.4, -0.2) is 48.2 Å². The molecule has 1 atom stereocenters. The summed E-state index contributed by atoms with van der Waals surface area (Å²) in [7, 11) is 1.33. The Morgan fingerprint density at radius 3 is 2.10 bits per heavy atom. The highest BCUT2D eigenvalue weighted by Gasteiger charge is 2.04. The topological polar surface area (TPSA) is 87.0 Å². The average Bonchev–Trinajstić information content (AvgIpc) is 2.51. The van der Waals surface area contributed by atoms with Gasteiger partial charge in [-0.25, -0.2) is 4.79 Å². The highest BCUT2D eigenvalue weighted by molar-refractivity contribution is 5.87. The second-order valence-corrected chi connectivity index (χ2v) is 4.95. The summed E-state index contributed by atoms with van der Waals surface area (Å²) in [5, 5.41) is 25.7. The Hall–Kier alpha value is -0.910. The summed E-state index contributed by atoms with van der Waals surface area (Å²) in [6.45, 7) is 6.36. The van der Waals surface area contributed by atoms with Gasteiger partial charge < -0.3 is 20.1 Å². The van der Waals surface area contributed by atoms with Gasteiger partial charge in [-0.3, -0.25) is 0 Å². The third-order valence-corrected chi connectivity index (χ3v) is 3.22. The van der Waals surface area contributed by atoms with Crippen molar-refractivity contribution in [2.24, 2.45) is 5.92 Å². The Labute approximate surface area is 128 Å². The van der Waals surface area contributed by atoms with E-state index < -0.39 is 0 Å². The van der Waals surface area contributed by atoms with Crippen LogP contribution in [0.15, 0.2) is 12.2 Å². The second kappa shape index (κ2) is 17.1. The number of rotatable bonds is 11. The molecule has 5 nitrogen and oxygen atoms in total. The molecule has 0 rings (SSSR count). The molecule has 0 spiro atoms. The smallest absolute Gasteiger partial charge is 0.333 e. The Bertz CT molecular complexity index is 249. The lowest BCUT2D eigenvalue weighted by molar-refractivity contribution is -0.136. The quantitative estimate of drug-likeness (QED) is 0.309. The molecule has 1 unspecified atom stereocenters. The number of unbranched alkanes of at least 4 members (excludes halogenated alkanes) is 2. The van der Waals surface area contributed by atoms with E-state index >= 15 is 0 Å². The first-order chi connectivity index (χ1) is 10.1. The van der Waals surface area contributed by atoms with Gasteiger partial charge in [-0.15, -0.1) is 0 Å². The molecule has 0 aliphatic rings. The van der Waals surface area contributed by atoms with Crippen molar-refractivity contribution in [3.8, 4) is 0 Å². The van der Waals surface area contributed by atoms with E-state index in [-0.39, 0.29) is 19.2 Å². The fraction of sp³-hybridized carbons (Fsp3) is 0.812. The van der Waals surface area contributed by atoms with Crippen LogP contribution in [-0.2, 0) is 9.53 Å². The van der Waals surface area contributed by atoms with Crippen LogP contribution in [0.1, 0.15) is 51.9 Å². The monoisotopic (exact) mass is 304 g/mol. The first-order valence-electron chi connectivity index (χ1n) is 7.65. The number of aliphatic hydroxyl groups is 3. The zero-order valence-corrected chi connectivity index (χ0v) is 13.5. The molecule has 0 saturated heterocycles. The summed E-state index contributed by atoms with van der Waals surface area (Å²) in [6, 6.07) is 0. The molecular formula is C16H32O5.